The molecule has 19 heavy (non-hydrogen) atoms. The molecule has 0 aliphatic heterocycles. The topological polar surface area (TPSA) is 64.7 Å². The van der Waals surface area contributed by atoms with E-state index in [1.807, 2.05) is 6.07 Å². The lowest BCUT2D eigenvalue weighted by molar-refractivity contribution is 0.656. The number of hydrogen-bond donors (Lipinski definition) is 1. The van der Waals surface area contributed by atoms with Gasteiger partial charge in [-0.2, -0.15) is 0 Å². The summed E-state index contributed by atoms with van der Waals surface area (Å²) in [7, 11) is 0. The van der Waals surface area contributed by atoms with Crippen LogP contribution in [0.1, 0.15) is 29.7 Å². The summed E-state index contributed by atoms with van der Waals surface area (Å²) in [5.41, 5.74) is 9.58. The van der Waals surface area contributed by atoms with Crippen molar-refractivity contribution in [1.82, 2.24) is 15.0 Å². The van der Waals surface area contributed by atoms with Crippen LogP contribution in [0.25, 0.3) is 0 Å². The van der Waals surface area contributed by atoms with Gasteiger partial charge in [-0.1, -0.05) is 6.07 Å². The third-order valence-electron chi connectivity index (χ3n) is 3.32. The first-order chi connectivity index (χ1) is 9.36. The van der Waals surface area contributed by atoms with Crippen molar-refractivity contribution < 1.29 is 0 Å². The maximum Gasteiger partial charge on any atom is 0.116 e. The molecule has 2 aromatic heterocycles. The molecule has 0 fully saturated rings. The number of fused-ring (bicyclic) bond motifs is 1. The summed E-state index contributed by atoms with van der Waals surface area (Å²) >= 11 is 1.57. The second-order valence-corrected chi connectivity index (χ2v) is 5.63. The zero-order valence-corrected chi connectivity index (χ0v) is 11.5. The molecule has 0 amide bonds. The molecule has 0 bridgehead atoms. The third kappa shape index (κ3) is 2.77. The Hall–Kier alpha value is -1.46. The highest BCUT2D eigenvalue weighted by Gasteiger charge is 2.15. The molecule has 0 aromatic carbocycles. The van der Waals surface area contributed by atoms with Gasteiger partial charge in [0.25, 0.3) is 0 Å². The molecule has 3 rings (SSSR count). The van der Waals surface area contributed by atoms with Gasteiger partial charge < -0.3 is 5.73 Å². The quantitative estimate of drug-likeness (QED) is 0.869. The number of hydrogen-bond acceptors (Lipinski definition) is 5. The molecule has 0 unspecified atom stereocenters. The minimum Gasteiger partial charge on any atom is -0.326 e. The summed E-state index contributed by atoms with van der Waals surface area (Å²) in [6, 6.07) is 4.12. The zero-order valence-electron chi connectivity index (χ0n) is 10.7. The van der Waals surface area contributed by atoms with Crippen LogP contribution < -0.4 is 5.73 Å². The van der Waals surface area contributed by atoms with Crippen molar-refractivity contribution in [1.29, 1.82) is 0 Å². The van der Waals surface area contributed by atoms with Crippen molar-refractivity contribution in [2.75, 3.05) is 0 Å². The molecular weight excluding hydrogens is 256 g/mol. The molecule has 4 nitrogen and oxygen atoms in total. The highest BCUT2D eigenvalue weighted by Crippen LogP contribution is 2.30. The fourth-order valence-electron chi connectivity index (χ4n) is 2.33. The highest BCUT2D eigenvalue weighted by molar-refractivity contribution is 7.99. The van der Waals surface area contributed by atoms with Crippen molar-refractivity contribution in [3.8, 4) is 0 Å². The lowest BCUT2D eigenvalue weighted by atomic mass is 9.95. The fraction of sp³-hybridized carbons (Fsp3) is 0.357. The lowest BCUT2D eigenvalue weighted by Crippen LogP contribution is -2.10. The first kappa shape index (κ1) is 12.6. The maximum atomic E-state index is 5.85. The molecule has 2 N–H and O–H groups in total. The number of pyridine rings is 1. The molecule has 0 spiro atoms. The van der Waals surface area contributed by atoms with Gasteiger partial charge in [0.2, 0.25) is 0 Å². The Morgan fingerprint density at radius 1 is 1.26 bits per heavy atom. The minimum absolute atomic E-state index is 0.522. The second kappa shape index (κ2) is 5.67. The van der Waals surface area contributed by atoms with E-state index in [9.17, 15) is 0 Å². The van der Waals surface area contributed by atoms with E-state index in [0.717, 1.165) is 28.5 Å². The van der Waals surface area contributed by atoms with Gasteiger partial charge in [0.05, 0.1) is 0 Å². The Kier molecular flexibility index (Phi) is 3.75. The van der Waals surface area contributed by atoms with E-state index in [1.165, 1.54) is 24.1 Å². The molecule has 0 radical (unpaired) electrons. The lowest BCUT2D eigenvalue weighted by Gasteiger charge is -2.17. The first-order valence-electron chi connectivity index (χ1n) is 6.52. The average Bonchev–Trinajstić information content (AvgIpc) is 2.47. The number of aromatic nitrogens is 3. The molecule has 5 heteroatoms. The van der Waals surface area contributed by atoms with Crippen LogP contribution in [0.2, 0.25) is 0 Å². The summed E-state index contributed by atoms with van der Waals surface area (Å²) < 4.78 is 0. The Morgan fingerprint density at radius 2 is 2.16 bits per heavy atom. The Bertz CT molecular complexity index is 571. The van der Waals surface area contributed by atoms with Crippen molar-refractivity contribution in [2.24, 2.45) is 5.73 Å². The Labute approximate surface area is 116 Å². The molecule has 0 saturated carbocycles. The zero-order chi connectivity index (χ0) is 13.1. The van der Waals surface area contributed by atoms with Crippen LogP contribution >= 0.6 is 11.8 Å². The van der Waals surface area contributed by atoms with Gasteiger partial charge in [-0.15, -0.1) is 0 Å². The maximum absolute atomic E-state index is 5.85. The molecule has 98 valence electrons. The highest BCUT2D eigenvalue weighted by atomic mass is 32.2. The summed E-state index contributed by atoms with van der Waals surface area (Å²) in [5, 5.41) is 1.90. The summed E-state index contributed by atoms with van der Waals surface area (Å²) in [6.45, 7) is 0.522. The van der Waals surface area contributed by atoms with Crippen LogP contribution in [0.15, 0.2) is 34.7 Å². The van der Waals surface area contributed by atoms with Crippen molar-refractivity contribution in [2.45, 2.75) is 42.3 Å². The first-order valence-corrected chi connectivity index (χ1v) is 7.34. The summed E-state index contributed by atoms with van der Waals surface area (Å²) in [6.07, 6.45) is 8.01. The summed E-state index contributed by atoms with van der Waals surface area (Å²) in [4.78, 5) is 13.0. The number of rotatable bonds is 3. The minimum atomic E-state index is 0.522. The number of aryl methyl sites for hydroxylation is 2. The molecule has 2 aromatic rings. The van der Waals surface area contributed by atoms with Crippen LogP contribution in [0.4, 0.5) is 0 Å². The van der Waals surface area contributed by atoms with E-state index >= 15 is 0 Å². The van der Waals surface area contributed by atoms with Crippen molar-refractivity contribution in [3.63, 3.8) is 0 Å². The van der Waals surface area contributed by atoms with Gasteiger partial charge in [-0.25, -0.2) is 15.0 Å². The summed E-state index contributed by atoms with van der Waals surface area (Å²) in [5.74, 6) is 0. The Balaban J connectivity index is 1.95. The standard InChI is InChI=1S/C14H16N4S/c15-8-11-7-10-3-1-2-4-12(10)18-14(11)19-13-5-6-16-9-17-13/h5-7,9H,1-4,8,15H2. The SMILES string of the molecule is NCc1cc2c(nc1Sc1ccncn1)CCCC2. The van der Waals surface area contributed by atoms with E-state index in [4.69, 9.17) is 10.7 Å². The van der Waals surface area contributed by atoms with Gasteiger partial charge in [-0.3, -0.25) is 0 Å². The van der Waals surface area contributed by atoms with Crippen molar-refractivity contribution in [3.05, 3.63) is 41.5 Å². The van der Waals surface area contributed by atoms with Gasteiger partial charge in [0.1, 0.15) is 16.4 Å². The van der Waals surface area contributed by atoms with Gasteiger partial charge in [0, 0.05) is 18.4 Å². The van der Waals surface area contributed by atoms with Gasteiger partial charge >= 0.3 is 0 Å². The second-order valence-electron chi connectivity index (χ2n) is 4.62. The smallest absolute Gasteiger partial charge is 0.116 e. The number of nitrogens with zero attached hydrogens (tertiary/aromatic N) is 3. The van der Waals surface area contributed by atoms with Crippen LogP contribution in [-0.2, 0) is 19.4 Å². The molecular formula is C14H16N4S. The van der Waals surface area contributed by atoms with Crippen LogP contribution in [0.3, 0.4) is 0 Å². The van der Waals surface area contributed by atoms with E-state index in [2.05, 4.69) is 16.0 Å². The normalized spacial score (nSPS) is 14.2. The predicted molar refractivity (Wildman–Crippen MR) is 74.9 cm³/mol. The number of nitrogens with two attached hydrogens (primary N) is 1. The van der Waals surface area contributed by atoms with Gasteiger partial charge in [-0.05, 0) is 54.6 Å². The van der Waals surface area contributed by atoms with E-state index in [1.54, 1.807) is 24.3 Å². The molecule has 2 heterocycles. The molecule has 1 aliphatic rings. The van der Waals surface area contributed by atoms with Crippen LogP contribution in [0, 0.1) is 0 Å². The van der Waals surface area contributed by atoms with E-state index < -0.39 is 0 Å². The monoisotopic (exact) mass is 272 g/mol. The third-order valence-corrected chi connectivity index (χ3v) is 4.31. The molecule has 0 saturated heterocycles. The van der Waals surface area contributed by atoms with Crippen LogP contribution in [-0.4, -0.2) is 15.0 Å². The molecule has 1 aliphatic carbocycles. The van der Waals surface area contributed by atoms with E-state index in [-0.39, 0.29) is 0 Å². The van der Waals surface area contributed by atoms with Crippen LogP contribution in [0.5, 0.6) is 0 Å². The van der Waals surface area contributed by atoms with E-state index in [0.29, 0.717) is 6.54 Å². The average molecular weight is 272 g/mol. The molecule has 0 atom stereocenters. The Morgan fingerprint density at radius 3 is 2.95 bits per heavy atom. The largest absolute Gasteiger partial charge is 0.326 e. The van der Waals surface area contributed by atoms with Gasteiger partial charge in [0.15, 0.2) is 0 Å². The van der Waals surface area contributed by atoms with Crippen molar-refractivity contribution >= 4 is 11.8 Å². The predicted octanol–water partition coefficient (Wildman–Crippen LogP) is 2.36. The fourth-order valence-corrected chi connectivity index (χ4v) is 3.19.